The molecule has 0 aromatic carbocycles. The number of fused-ring (bicyclic) bond motifs is 1. The van der Waals surface area contributed by atoms with E-state index in [1.165, 1.54) is 6.42 Å². The Morgan fingerprint density at radius 3 is 3.09 bits per heavy atom. The normalized spacial score (nSPS) is 45.8. The lowest BCUT2D eigenvalue weighted by atomic mass is 10.0. The van der Waals surface area contributed by atoms with E-state index in [1.54, 1.807) is 0 Å². The fraction of sp³-hybridized carbons (Fsp3) is 1.00. The van der Waals surface area contributed by atoms with Crippen LogP contribution < -0.4 is 16.5 Å². The summed E-state index contributed by atoms with van der Waals surface area (Å²) in [5.74, 6) is 5.86. The maximum Gasteiger partial charge on any atom is 0.0708 e. The summed E-state index contributed by atoms with van der Waals surface area (Å²) in [6, 6.07) is 1.11. The van der Waals surface area contributed by atoms with Gasteiger partial charge in [-0.15, -0.1) is 0 Å². The molecule has 2 rings (SSSR count). The first-order valence-electron chi connectivity index (χ1n) is 4.29. The van der Waals surface area contributed by atoms with Crippen LogP contribution in [0.3, 0.4) is 0 Å². The quantitative estimate of drug-likeness (QED) is 0.387. The molecule has 0 spiro atoms. The van der Waals surface area contributed by atoms with Crippen LogP contribution in [0.25, 0.3) is 0 Å². The lowest BCUT2D eigenvalue weighted by Gasteiger charge is -2.28. The van der Waals surface area contributed by atoms with Gasteiger partial charge in [-0.2, -0.15) is 0 Å². The molecule has 4 heteroatoms. The third-order valence-electron chi connectivity index (χ3n) is 2.74. The van der Waals surface area contributed by atoms with Crippen molar-refractivity contribution in [1.29, 1.82) is 0 Å². The van der Waals surface area contributed by atoms with Gasteiger partial charge in [0.05, 0.1) is 12.2 Å². The molecule has 11 heavy (non-hydrogen) atoms. The Bertz CT molecular complexity index is 149. The molecule has 2 aliphatic heterocycles. The maximum absolute atomic E-state index is 5.86. The van der Waals surface area contributed by atoms with E-state index in [-0.39, 0.29) is 0 Å². The minimum Gasteiger partial charge on any atom is -0.315 e. The van der Waals surface area contributed by atoms with Gasteiger partial charge in [-0.3, -0.25) is 11.2 Å². The second-order valence-corrected chi connectivity index (χ2v) is 3.46. The predicted octanol–water partition coefficient (Wildman–Crippen LogP) is -1.16. The van der Waals surface area contributed by atoms with Gasteiger partial charge in [0.1, 0.15) is 0 Å². The first-order valence-corrected chi connectivity index (χ1v) is 4.29. The van der Waals surface area contributed by atoms with Crippen molar-refractivity contribution in [2.24, 2.45) is 5.84 Å². The van der Waals surface area contributed by atoms with Crippen LogP contribution in [-0.2, 0) is 0 Å². The van der Waals surface area contributed by atoms with E-state index in [2.05, 4.69) is 17.6 Å². The highest BCUT2D eigenvalue weighted by Crippen LogP contribution is 2.17. The van der Waals surface area contributed by atoms with Crippen molar-refractivity contribution in [2.75, 3.05) is 13.1 Å². The van der Waals surface area contributed by atoms with Crippen LogP contribution in [0.15, 0.2) is 0 Å². The van der Waals surface area contributed by atoms with Gasteiger partial charge in [0.15, 0.2) is 0 Å². The highest BCUT2D eigenvalue weighted by atomic mass is 15.5. The molecular weight excluding hydrogens is 140 g/mol. The SMILES string of the molecule is CC1NC2CCNCC2N1N. The van der Waals surface area contributed by atoms with Crippen molar-refractivity contribution in [1.82, 2.24) is 15.6 Å². The zero-order valence-electron chi connectivity index (χ0n) is 6.88. The van der Waals surface area contributed by atoms with Gasteiger partial charge in [0, 0.05) is 12.6 Å². The first kappa shape index (κ1) is 7.49. The van der Waals surface area contributed by atoms with Gasteiger partial charge in [-0.05, 0) is 19.9 Å². The second kappa shape index (κ2) is 2.71. The number of nitrogens with one attached hydrogen (secondary N) is 2. The molecule has 2 saturated heterocycles. The predicted molar refractivity (Wildman–Crippen MR) is 43.7 cm³/mol. The number of hydrogen-bond acceptors (Lipinski definition) is 4. The van der Waals surface area contributed by atoms with Crippen LogP contribution in [-0.4, -0.2) is 36.3 Å². The molecule has 64 valence electrons. The summed E-state index contributed by atoms with van der Waals surface area (Å²) in [4.78, 5) is 0. The molecule has 2 fully saturated rings. The van der Waals surface area contributed by atoms with Crippen molar-refractivity contribution >= 4 is 0 Å². The van der Waals surface area contributed by atoms with Gasteiger partial charge in [-0.1, -0.05) is 0 Å². The monoisotopic (exact) mass is 156 g/mol. The molecule has 0 saturated carbocycles. The van der Waals surface area contributed by atoms with E-state index in [0.717, 1.165) is 13.1 Å². The van der Waals surface area contributed by atoms with Gasteiger partial charge in [-0.25, -0.2) is 5.01 Å². The lowest BCUT2D eigenvalue weighted by molar-refractivity contribution is 0.185. The number of hydrogen-bond donors (Lipinski definition) is 3. The molecule has 3 atom stereocenters. The minimum absolute atomic E-state index is 0.338. The van der Waals surface area contributed by atoms with Crippen molar-refractivity contribution in [3.05, 3.63) is 0 Å². The number of piperidine rings is 1. The molecule has 0 aromatic heterocycles. The molecule has 0 aromatic rings. The number of nitrogens with two attached hydrogens (primary N) is 1. The van der Waals surface area contributed by atoms with Gasteiger partial charge >= 0.3 is 0 Å². The summed E-state index contributed by atoms with van der Waals surface area (Å²) >= 11 is 0. The fourth-order valence-electron chi connectivity index (χ4n) is 2.03. The van der Waals surface area contributed by atoms with Crippen LogP contribution in [0.5, 0.6) is 0 Å². The molecule has 4 N–H and O–H groups in total. The standard InChI is InChI=1S/C7H16N4/c1-5-10-6-2-3-9-4-7(6)11(5)8/h5-7,9-10H,2-4,8H2,1H3. The number of hydrazine groups is 1. The molecule has 2 heterocycles. The molecule has 2 aliphatic rings. The van der Waals surface area contributed by atoms with Crippen LogP contribution in [0.1, 0.15) is 13.3 Å². The highest BCUT2D eigenvalue weighted by Gasteiger charge is 2.37. The number of rotatable bonds is 0. The summed E-state index contributed by atoms with van der Waals surface area (Å²) in [6.07, 6.45) is 1.54. The molecular formula is C7H16N4. The molecule has 4 nitrogen and oxygen atoms in total. The lowest BCUT2D eigenvalue weighted by Crippen LogP contribution is -2.52. The molecule has 0 amide bonds. The van der Waals surface area contributed by atoms with E-state index in [1.807, 2.05) is 5.01 Å². The average molecular weight is 156 g/mol. The van der Waals surface area contributed by atoms with Crippen molar-refractivity contribution in [2.45, 2.75) is 31.6 Å². The molecule has 3 unspecified atom stereocenters. The van der Waals surface area contributed by atoms with Gasteiger partial charge < -0.3 is 5.32 Å². The van der Waals surface area contributed by atoms with E-state index >= 15 is 0 Å². The summed E-state index contributed by atoms with van der Waals surface area (Å²) in [6.45, 7) is 4.26. The Balaban J connectivity index is 2.05. The third-order valence-corrected chi connectivity index (χ3v) is 2.74. The summed E-state index contributed by atoms with van der Waals surface area (Å²) in [5, 5.41) is 8.74. The van der Waals surface area contributed by atoms with Crippen LogP contribution in [0.2, 0.25) is 0 Å². The molecule has 0 aliphatic carbocycles. The largest absolute Gasteiger partial charge is 0.315 e. The Morgan fingerprint density at radius 1 is 1.55 bits per heavy atom. The topological polar surface area (TPSA) is 53.3 Å². The van der Waals surface area contributed by atoms with Crippen LogP contribution >= 0.6 is 0 Å². The van der Waals surface area contributed by atoms with Crippen molar-refractivity contribution < 1.29 is 0 Å². The smallest absolute Gasteiger partial charge is 0.0708 e. The Kier molecular flexibility index (Phi) is 1.85. The summed E-state index contributed by atoms with van der Waals surface area (Å²) < 4.78 is 0. The third kappa shape index (κ3) is 1.16. The van der Waals surface area contributed by atoms with E-state index < -0.39 is 0 Å². The average Bonchev–Trinajstić information content (AvgIpc) is 2.30. The zero-order chi connectivity index (χ0) is 7.84. The zero-order valence-corrected chi connectivity index (χ0v) is 6.88. The van der Waals surface area contributed by atoms with E-state index in [4.69, 9.17) is 5.84 Å². The van der Waals surface area contributed by atoms with E-state index in [9.17, 15) is 0 Å². The van der Waals surface area contributed by atoms with E-state index in [0.29, 0.717) is 18.2 Å². The number of nitrogens with zero attached hydrogens (tertiary/aromatic N) is 1. The summed E-state index contributed by atoms with van der Waals surface area (Å²) in [5.41, 5.74) is 0. The van der Waals surface area contributed by atoms with Crippen molar-refractivity contribution in [3.63, 3.8) is 0 Å². The van der Waals surface area contributed by atoms with Gasteiger partial charge in [0.2, 0.25) is 0 Å². The maximum atomic E-state index is 5.86. The Morgan fingerprint density at radius 2 is 2.36 bits per heavy atom. The Labute approximate surface area is 67.1 Å². The Hall–Kier alpha value is -0.160. The van der Waals surface area contributed by atoms with Crippen LogP contribution in [0.4, 0.5) is 0 Å². The highest BCUT2D eigenvalue weighted by molar-refractivity contribution is 4.95. The first-order chi connectivity index (χ1) is 5.29. The van der Waals surface area contributed by atoms with Gasteiger partial charge in [0.25, 0.3) is 0 Å². The summed E-state index contributed by atoms with van der Waals surface area (Å²) in [7, 11) is 0. The molecule has 0 radical (unpaired) electrons. The van der Waals surface area contributed by atoms with Crippen molar-refractivity contribution in [3.8, 4) is 0 Å². The molecule has 0 bridgehead atoms. The second-order valence-electron chi connectivity index (χ2n) is 3.46. The fourth-order valence-corrected chi connectivity index (χ4v) is 2.03. The van der Waals surface area contributed by atoms with Crippen LogP contribution in [0, 0.1) is 0 Å². The minimum atomic E-state index is 0.338.